The molecule has 0 bridgehead atoms. The minimum Gasteiger partial charge on any atom is -0.311 e. The van der Waals surface area contributed by atoms with Crippen LogP contribution in [0.25, 0.3) is 10.8 Å². The highest BCUT2D eigenvalue weighted by atomic mass is 32.2. The Morgan fingerprint density at radius 3 is 2.71 bits per heavy atom. The number of fused-ring (bicyclic) bond motifs is 1. The molecule has 1 heterocycles. The topological polar surface area (TPSA) is 71.1 Å². The van der Waals surface area contributed by atoms with E-state index in [9.17, 15) is 8.42 Å². The number of rotatable bonds is 6. The number of nitrogens with zero attached hydrogens (tertiary/aromatic N) is 1. The third kappa shape index (κ3) is 4.77. The third-order valence-corrected chi connectivity index (χ3v) is 4.04. The summed E-state index contributed by atoms with van der Waals surface area (Å²) in [7, 11) is -3.21. The number of sulfonamides is 1. The number of pyridine rings is 1. The second-order valence-electron chi connectivity index (χ2n) is 5.88. The van der Waals surface area contributed by atoms with E-state index in [0.29, 0.717) is 13.1 Å². The SMILES string of the molecule is CC(C)(CNCc1cccc2cnccc12)NS(C)(=O)=O. The first kappa shape index (κ1) is 15.9. The molecule has 1 aromatic carbocycles. The van der Waals surface area contributed by atoms with Crippen molar-refractivity contribution in [2.75, 3.05) is 12.8 Å². The van der Waals surface area contributed by atoms with E-state index >= 15 is 0 Å². The van der Waals surface area contributed by atoms with Crippen molar-refractivity contribution in [1.29, 1.82) is 0 Å². The Morgan fingerprint density at radius 2 is 2.00 bits per heavy atom. The molecule has 2 N–H and O–H groups in total. The molecule has 0 aliphatic heterocycles. The smallest absolute Gasteiger partial charge is 0.209 e. The van der Waals surface area contributed by atoms with E-state index in [1.165, 1.54) is 11.8 Å². The highest BCUT2D eigenvalue weighted by Gasteiger charge is 2.21. The van der Waals surface area contributed by atoms with Gasteiger partial charge in [0.25, 0.3) is 0 Å². The number of aromatic nitrogens is 1. The lowest BCUT2D eigenvalue weighted by molar-refractivity contribution is 0.421. The van der Waals surface area contributed by atoms with Gasteiger partial charge >= 0.3 is 0 Å². The summed E-state index contributed by atoms with van der Waals surface area (Å²) in [5.74, 6) is 0. The molecule has 1 aromatic heterocycles. The first-order valence-corrected chi connectivity index (χ1v) is 8.67. The molecule has 2 rings (SSSR count). The van der Waals surface area contributed by atoms with Crippen molar-refractivity contribution < 1.29 is 8.42 Å². The lowest BCUT2D eigenvalue weighted by atomic mass is 10.1. The fourth-order valence-electron chi connectivity index (χ4n) is 2.39. The second-order valence-corrected chi connectivity index (χ2v) is 7.62. The fourth-order valence-corrected chi connectivity index (χ4v) is 3.47. The van der Waals surface area contributed by atoms with Crippen LogP contribution in [0.1, 0.15) is 19.4 Å². The molecule has 0 aliphatic rings. The van der Waals surface area contributed by atoms with Crippen molar-refractivity contribution >= 4 is 20.8 Å². The normalized spacial score (nSPS) is 12.7. The molecule has 5 nitrogen and oxygen atoms in total. The average molecular weight is 307 g/mol. The molecular weight excluding hydrogens is 286 g/mol. The summed E-state index contributed by atoms with van der Waals surface area (Å²) in [4.78, 5) is 4.12. The van der Waals surface area contributed by atoms with Crippen LogP contribution in [0.15, 0.2) is 36.7 Å². The molecule has 0 amide bonds. The molecule has 114 valence electrons. The molecule has 0 aliphatic carbocycles. The maximum Gasteiger partial charge on any atom is 0.209 e. The quantitative estimate of drug-likeness (QED) is 0.851. The Labute approximate surface area is 125 Å². The van der Waals surface area contributed by atoms with Crippen LogP contribution in [-0.4, -0.2) is 31.7 Å². The maximum atomic E-state index is 11.3. The van der Waals surface area contributed by atoms with Crippen LogP contribution < -0.4 is 10.0 Å². The van der Waals surface area contributed by atoms with Gasteiger partial charge in [0, 0.05) is 36.4 Å². The van der Waals surface area contributed by atoms with Gasteiger partial charge in [0.05, 0.1) is 6.26 Å². The Bertz CT molecular complexity index is 721. The van der Waals surface area contributed by atoms with Gasteiger partial charge in [-0.25, -0.2) is 13.1 Å². The molecule has 0 fully saturated rings. The van der Waals surface area contributed by atoms with Gasteiger partial charge in [0.1, 0.15) is 0 Å². The monoisotopic (exact) mass is 307 g/mol. The first-order chi connectivity index (χ1) is 9.77. The molecule has 0 atom stereocenters. The zero-order valence-corrected chi connectivity index (χ0v) is 13.4. The van der Waals surface area contributed by atoms with Gasteiger partial charge in [-0.2, -0.15) is 0 Å². The lowest BCUT2D eigenvalue weighted by Crippen LogP contribution is -2.49. The molecule has 0 unspecified atom stereocenters. The molecule has 6 heteroatoms. The Hall–Kier alpha value is -1.50. The van der Waals surface area contributed by atoms with Crippen molar-refractivity contribution in [3.05, 3.63) is 42.2 Å². The van der Waals surface area contributed by atoms with E-state index in [1.54, 1.807) is 6.20 Å². The third-order valence-electron chi connectivity index (χ3n) is 3.12. The molecule has 0 spiro atoms. The fraction of sp³-hybridized carbons (Fsp3) is 0.400. The van der Waals surface area contributed by atoms with E-state index in [1.807, 2.05) is 38.2 Å². The van der Waals surface area contributed by atoms with Crippen molar-refractivity contribution in [2.45, 2.75) is 25.9 Å². The summed E-state index contributed by atoms with van der Waals surface area (Å²) in [5, 5.41) is 5.57. The summed E-state index contributed by atoms with van der Waals surface area (Å²) in [5.41, 5.74) is 0.643. The molecule has 0 saturated carbocycles. The summed E-state index contributed by atoms with van der Waals surface area (Å²) in [6.45, 7) is 4.93. The van der Waals surface area contributed by atoms with Gasteiger partial charge in [0.2, 0.25) is 10.0 Å². The van der Waals surface area contributed by atoms with E-state index < -0.39 is 15.6 Å². The molecule has 2 aromatic rings. The van der Waals surface area contributed by atoms with Crippen molar-refractivity contribution in [1.82, 2.24) is 15.0 Å². The highest BCUT2D eigenvalue weighted by Crippen LogP contribution is 2.17. The number of nitrogens with one attached hydrogen (secondary N) is 2. The van der Waals surface area contributed by atoms with Gasteiger partial charge in [-0.3, -0.25) is 4.98 Å². The Morgan fingerprint density at radius 1 is 1.24 bits per heavy atom. The zero-order valence-electron chi connectivity index (χ0n) is 12.6. The summed E-state index contributed by atoms with van der Waals surface area (Å²) < 4.78 is 25.2. The van der Waals surface area contributed by atoms with Crippen LogP contribution in [0.3, 0.4) is 0 Å². The summed E-state index contributed by atoms with van der Waals surface area (Å²) >= 11 is 0. The van der Waals surface area contributed by atoms with Gasteiger partial charge in [-0.15, -0.1) is 0 Å². The van der Waals surface area contributed by atoms with Gasteiger partial charge in [0.15, 0.2) is 0 Å². The highest BCUT2D eigenvalue weighted by molar-refractivity contribution is 7.88. The standard InChI is InChI=1S/C15H21N3O2S/c1-15(2,18-21(3,19)20)11-17-10-13-6-4-5-12-9-16-8-7-14(12)13/h4-9,17-18H,10-11H2,1-3H3. The Balaban J connectivity index is 2.03. The van der Waals surface area contributed by atoms with Gasteiger partial charge in [-0.05, 0) is 30.9 Å². The first-order valence-electron chi connectivity index (χ1n) is 6.78. The predicted octanol–water partition coefficient (Wildman–Crippen LogP) is 1.65. The predicted molar refractivity (Wildman–Crippen MR) is 85.5 cm³/mol. The van der Waals surface area contributed by atoms with E-state index in [0.717, 1.165) is 10.8 Å². The van der Waals surface area contributed by atoms with Crippen LogP contribution in [0.5, 0.6) is 0 Å². The van der Waals surface area contributed by atoms with Crippen LogP contribution >= 0.6 is 0 Å². The van der Waals surface area contributed by atoms with Crippen LogP contribution in [0, 0.1) is 0 Å². The molecule has 0 radical (unpaired) electrons. The Kier molecular flexibility index (Phi) is 4.61. The summed E-state index contributed by atoms with van der Waals surface area (Å²) in [6.07, 6.45) is 4.79. The van der Waals surface area contributed by atoms with E-state index in [-0.39, 0.29) is 0 Å². The average Bonchev–Trinajstić information content (AvgIpc) is 2.36. The second kappa shape index (κ2) is 6.09. The van der Waals surface area contributed by atoms with Crippen LogP contribution in [0.2, 0.25) is 0 Å². The minimum atomic E-state index is -3.21. The maximum absolute atomic E-state index is 11.3. The molecular formula is C15H21N3O2S. The number of benzene rings is 1. The van der Waals surface area contributed by atoms with E-state index in [4.69, 9.17) is 0 Å². The van der Waals surface area contributed by atoms with Crippen LogP contribution in [0.4, 0.5) is 0 Å². The molecule has 21 heavy (non-hydrogen) atoms. The summed E-state index contributed by atoms with van der Waals surface area (Å²) in [6, 6.07) is 8.08. The largest absolute Gasteiger partial charge is 0.311 e. The van der Waals surface area contributed by atoms with Crippen LogP contribution in [-0.2, 0) is 16.6 Å². The number of hydrogen-bond acceptors (Lipinski definition) is 4. The van der Waals surface area contributed by atoms with Crippen molar-refractivity contribution in [2.24, 2.45) is 0 Å². The minimum absolute atomic E-state index is 0.528. The lowest BCUT2D eigenvalue weighted by Gasteiger charge is -2.25. The van der Waals surface area contributed by atoms with Gasteiger partial charge < -0.3 is 5.32 Å². The zero-order chi connectivity index (χ0) is 15.5. The number of hydrogen-bond donors (Lipinski definition) is 2. The van der Waals surface area contributed by atoms with Gasteiger partial charge in [-0.1, -0.05) is 18.2 Å². The van der Waals surface area contributed by atoms with Crippen molar-refractivity contribution in [3.8, 4) is 0 Å². The molecule has 0 saturated heterocycles. The van der Waals surface area contributed by atoms with E-state index in [2.05, 4.69) is 21.1 Å². The van der Waals surface area contributed by atoms with Crippen molar-refractivity contribution in [3.63, 3.8) is 0 Å².